The molecule has 2 nitrogen and oxygen atoms in total. The molecule has 0 aliphatic carbocycles. The van der Waals surface area contributed by atoms with Gasteiger partial charge < -0.3 is 0 Å². The topological polar surface area (TPSA) is 47.6 Å². The maximum absolute atomic E-state index is 6.00. The van der Waals surface area contributed by atoms with Gasteiger partial charge in [-0.3, -0.25) is 4.70 Å². The number of benzene rings is 1. The fraction of sp³-hybridized carbons (Fsp3) is 0.143. The summed E-state index contributed by atoms with van der Waals surface area (Å²) in [7, 11) is 0. The summed E-state index contributed by atoms with van der Waals surface area (Å²) in [5, 5.41) is 12.0. The quantitative estimate of drug-likeness (QED) is 0.518. The predicted molar refractivity (Wildman–Crippen MR) is 37.1 cm³/mol. The van der Waals surface area contributed by atoms with E-state index in [1.54, 1.807) is 0 Å². The largest absolute Gasteiger partial charge is 0.269 e. The number of hydrogen-bond donors (Lipinski definition) is 0. The van der Waals surface area contributed by atoms with E-state index in [1.165, 1.54) is 5.56 Å². The maximum Gasteiger partial charge on any atom is 0 e. The molecular formula is C7H9FN2. The minimum Gasteiger partial charge on any atom is -0.269 e. The van der Waals surface area contributed by atoms with E-state index in [2.05, 4.69) is 19.1 Å². The Kier molecular flexibility index (Phi) is 8.61. The van der Waals surface area contributed by atoms with Crippen LogP contribution in [0.1, 0.15) is 5.56 Å². The molecule has 0 unspecified atom stereocenters. The van der Waals surface area contributed by atoms with Crippen LogP contribution in [0.5, 0.6) is 0 Å². The molecule has 0 aliphatic heterocycles. The summed E-state index contributed by atoms with van der Waals surface area (Å²) in [4.78, 5) is 0. The summed E-state index contributed by atoms with van der Waals surface area (Å²) in [6, 6.07) is 10.3. The minimum absolute atomic E-state index is 0. The van der Waals surface area contributed by atoms with Crippen LogP contribution in [0.15, 0.2) is 30.3 Å². The lowest BCUT2D eigenvalue weighted by Gasteiger charge is -1.82. The number of rotatable bonds is 0. The fourth-order valence-electron chi connectivity index (χ4n) is 0.534. The van der Waals surface area contributed by atoms with E-state index >= 15 is 0 Å². The van der Waals surface area contributed by atoms with Gasteiger partial charge in [-0.1, -0.05) is 35.9 Å². The zero-order valence-corrected chi connectivity index (χ0v) is 5.69. The summed E-state index contributed by atoms with van der Waals surface area (Å²) in [6.07, 6.45) is 0. The van der Waals surface area contributed by atoms with Crippen molar-refractivity contribution in [3.8, 4) is 0 Å². The molecule has 0 heterocycles. The second-order valence-electron chi connectivity index (χ2n) is 1.65. The van der Waals surface area contributed by atoms with Gasteiger partial charge in [0.15, 0.2) is 0 Å². The van der Waals surface area contributed by atoms with Crippen LogP contribution in [-0.2, 0) is 0 Å². The van der Waals surface area contributed by atoms with Crippen molar-refractivity contribution in [2.24, 2.45) is 0 Å². The number of nitrogens with zero attached hydrogens (tertiary/aromatic N) is 2. The van der Waals surface area contributed by atoms with Gasteiger partial charge in [0.1, 0.15) is 0 Å². The zero-order valence-electron chi connectivity index (χ0n) is 5.69. The van der Waals surface area contributed by atoms with E-state index in [0.29, 0.717) is 0 Å². The van der Waals surface area contributed by atoms with Crippen LogP contribution < -0.4 is 0 Å². The van der Waals surface area contributed by atoms with Gasteiger partial charge in [-0.2, -0.15) is 0 Å². The molecule has 1 rings (SSSR count). The van der Waals surface area contributed by atoms with Gasteiger partial charge in [-0.15, -0.1) is 0 Å². The van der Waals surface area contributed by atoms with Crippen LogP contribution >= 0.6 is 0 Å². The average molecular weight is 140 g/mol. The molecule has 0 N–H and O–H groups in total. The molecule has 0 aliphatic rings. The van der Waals surface area contributed by atoms with Crippen molar-refractivity contribution in [2.45, 2.75) is 6.92 Å². The van der Waals surface area contributed by atoms with Gasteiger partial charge in [-0.25, -0.2) is 0 Å². The van der Waals surface area contributed by atoms with Crippen LogP contribution in [0.25, 0.3) is 0 Å². The fourth-order valence-corrected chi connectivity index (χ4v) is 0.534. The third-order valence-electron chi connectivity index (χ3n) is 0.940. The normalized spacial score (nSPS) is 6.30. The van der Waals surface area contributed by atoms with Gasteiger partial charge in [0.2, 0.25) is 0 Å². The smallest absolute Gasteiger partial charge is 0 e. The highest BCUT2D eigenvalue weighted by Crippen LogP contribution is 1.92. The molecule has 0 spiro atoms. The van der Waals surface area contributed by atoms with Crippen molar-refractivity contribution in [3.05, 3.63) is 35.9 Å². The molecule has 0 atom stereocenters. The molecule has 0 fully saturated rings. The van der Waals surface area contributed by atoms with Crippen LogP contribution in [0.2, 0.25) is 0 Å². The summed E-state index contributed by atoms with van der Waals surface area (Å²) in [5.74, 6) is 0. The summed E-state index contributed by atoms with van der Waals surface area (Å²) >= 11 is 0. The molecule has 0 aromatic heterocycles. The van der Waals surface area contributed by atoms with Gasteiger partial charge >= 0.3 is 0 Å². The van der Waals surface area contributed by atoms with E-state index < -0.39 is 0 Å². The van der Waals surface area contributed by atoms with Gasteiger partial charge in [0, 0.05) is 10.8 Å². The van der Waals surface area contributed by atoms with Crippen molar-refractivity contribution in [1.29, 1.82) is 10.8 Å². The summed E-state index contributed by atoms with van der Waals surface area (Å²) < 4.78 is 0. The highest BCUT2D eigenvalue weighted by molar-refractivity contribution is 5.11. The molecule has 0 radical (unpaired) electrons. The Morgan fingerprint density at radius 1 is 1.00 bits per heavy atom. The van der Waals surface area contributed by atoms with Crippen LogP contribution in [0.4, 0.5) is 4.70 Å². The monoisotopic (exact) mass is 140 g/mol. The SMILES string of the molecule is Cc1ccccc1.F.N#N. The third-order valence-corrected chi connectivity index (χ3v) is 0.940. The first-order valence-electron chi connectivity index (χ1n) is 2.61. The lowest BCUT2D eigenvalue weighted by Crippen LogP contribution is -1.62. The predicted octanol–water partition coefficient (Wildman–Crippen LogP) is 2.18. The Morgan fingerprint density at radius 3 is 1.60 bits per heavy atom. The van der Waals surface area contributed by atoms with Crippen molar-refractivity contribution in [3.63, 3.8) is 0 Å². The first-order chi connectivity index (χ1) is 4.39. The first-order valence-corrected chi connectivity index (χ1v) is 2.61. The molecule has 0 saturated heterocycles. The molecular weight excluding hydrogens is 131 g/mol. The van der Waals surface area contributed by atoms with Gasteiger partial charge in [0.25, 0.3) is 0 Å². The van der Waals surface area contributed by atoms with Crippen molar-refractivity contribution < 1.29 is 4.70 Å². The van der Waals surface area contributed by atoms with Crippen molar-refractivity contribution in [1.82, 2.24) is 0 Å². The second-order valence-corrected chi connectivity index (χ2v) is 1.65. The standard InChI is InChI=1S/C7H8.FH.N2/c1-7-5-3-2-4-6-7;;1-2/h2-6H,1H3;1H;. The van der Waals surface area contributed by atoms with E-state index in [9.17, 15) is 0 Å². The molecule has 1 aromatic rings. The third kappa shape index (κ3) is 4.72. The van der Waals surface area contributed by atoms with Crippen LogP contribution in [0, 0.1) is 17.7 Å². The lowest BCUT2D eigenvalue weighted by molar-refractivity contribution is 1.11. The highest BCUT2D eigenvalue weighted by Gasteiger charge is 1.72. The lowest BCUT2D eigenvalue weighted by atomic mass is 10.2. The molecule has 0 bridgehead atoms. The molecule has 1 aromatic carbocycles. The Bertz CT molecular complexity index is 171. The van der Waals surface area contributed by atoms with Gasteiger partial charge in [0.05, 0.1) is 0 Å². The van der Waals surface area contributed by atoms with E-state index in [1.807, 2.05) is 18.2 Å². The number of aryl methyl sites for hydroxylation is 1. The Hall–Kier alpha value is -1.43. The highest BCUT2D eigenvalue weighted by atomic mass is 19.0. The first kappa shape index (κ1) is 11.4. The summed E-state index contributed by atoms with van der Waals surface area (Å²) in [6.45, 7) is 2.08. The van der Waals surface area contributed by atoms with Gasteiger partial charge in [-0.05, 0) is 6.92 Å². The maximum atomic E-state index is 6.00. The Balaban J connectivity index is 0. The molecule has 3 heteroatoms. The van der Waals surface area contributed by atoms with Crippen LogP contribution in [0.3, 0.4) is 0 Å². The van der Waals surface area contributed by atoms with E-state index in [0.717, 1.165) is 0 Å². The Morgan fingerprint density at radius 2 is 1.40 bits per heavy atom. The van der Waals surface area contributed by atoms with E-state index in [4.69, 9.17) is 10.8 Å². The van der Waals surface area contributed by atoms with E-state index in [-0.39, 0.29) is 4.70 Å². The molecule has 54 valence electrons. The minimum atomic E-state index is 0. The van der Waals surface area contributed by atoms with Crippen molar-refractivity contribution in [2.75, 3.05) is 0 Å². The zero-order chi connectivity index (χ0) is 7.11. The second kappa shape index (κ2) is 7.57. The van der Waals surface area contributed by atoms with Crippen molar-refractivity contribution >= 4 is 0 Å². The Labute approximate surface area is 59.3 Å². The molecule has 10 heavy (non-hydrogen) atoms. The number of hydrogen-bond acceptors (Lipinski definition) is 2. The molecule has 0 saturated carbocycles. The van der Waals surface area contributed by atoms with Crippen LogP contribution in [-0.4, -0.2) is 0 Å². The summed E-state index contributed by atoms with van der Waals surface area (Å²) in [5.41, 5.74) is 1.32. The average Bonchev–Trinajstić information content (AvgIpc) is 1.94. The number of halogens is 1. The molecule has 0 amide bonds.